The molecule has 1 N–H and O–H groups in total. The Labute approximate surface area is 143 Å². The smallest absolute Gasteiger partial charge is 0.332 e. The second-order valence-electron chi connectivity index (χ2n) is 5.09. The first-order valence-corrected chi connectivity index (χ1v) is 8.35. The zero-order valence-electron chi connectivity index (χ0n) is 14.4. The highest BCUT2D eigenvalue weighted by molar-refractivity contribution is 5.90. The second-order valence-corrected chi connectivity index (χ2v) is 5.09. The summed E-state index contributed by atoms with van der Waals surface area (Å²) in [5, 5.41) is 3.24. The summed E-state index contributed by atoms with van der Waals surface area (Å²) in [6.45, 7) is 5.03. The van der Waals surface area contributed by atoms with Crippen molar-refractivity contribution >= 4 is 17.6 Å². The van der Waals surface area contributed by atoms with Crippen molar-refractivity contribution in [2.45, 2.75) is 39.5 Å². The molecule has 0 aliphatic carbocycles. The molecule has 0 saturated heterocycles. The molecule has 6 heteroatoms. The molecule has 0 fully saturated rings. The normalized spacial score (nSPS) is 11.0. The number of hydrogen-bond donors (Lipinski definition) is 1. The fourth-order valence-electron chi connectivity index (χ4n) is 2.09. The van der Waals surface area contributed by atoms with Crippen LogP contribution in [0.2, 0.25) is 0 Å². The molecule has 0 unspecified atom stereocenters. The molecule has 0 radical (unpaired) electrons. The van der Waals surface area contributed by atoms with Gasteiger partial charge in [-0.2, -0.15) is 0 Å². The Balaban J connectivity index is 2.43. The predicted molar refractivity (Wildman–Crippen MR) is 92.0 cm³/mol. The van der Waals surface area contributed by atoms with Gasteiger partial charge in [-0.05, 0) is 38.8 Å². The summed E-state index contributed by atoms with van der Waals surface area (Å²) in [6.07, 6.45) is 7.86. The lowest BCUT2D eigenvalue weighted by atomic mass is 10.1. The van der Waals surface area contributed by atoms with Crippen molar-refractivity contribution in [2.75, 3.05) is 19.8 Å². The molecule has 0 aliphatic rings. The first-order chi connectivity index (χ1) is 11.7. The van der Waals surface area contributed by atoms with Gasteiger partial charge in [-0.1, -0.05) is 6.42 Å². The van der Waals surface area contributed by atoms with E-state index < -0.39 is 0 Å². The number of rotatable bonds is 11. The first kappa shape index (κ1) is 19.7. The van der Waals surface area contributed by atoms with E-state index >= 15 is 0 Å². The van der Waals surface area contributed by atoms with Gasteiger partial charge in [-0.3, -0.25) is 9.78 Å². The Kier molecular flexibility index (Phi) is 9.92. The number of carbonyl (C=O) groups is 2. The average Bonchev–Trinajstić information content (AvgIpc) is 2.58. The van der Waals surface area contributed by atoms with E-state index in [1.807, 2.05) is 12.1 Å². The lowest BCUT2D eigenvalue weighted by molar-refractivity contribution is -0.143. The van der Waals surface area contributed by atoms with E-state index in [0.29, 0.717) is 31.9 Å². The van der Waals surface area contributed by atoms with Crippen LogP contribution in [0.15, 0.2) is 30.6 Å². The van der Waals surface area contributed by atoms with Crippen LogP contribution in [0.5, 0.6) is 0 Å². The molecule has 1 rings (SSSR count). The van der Waals surface area contributed by atoms with Gasteiger partial charge >= 0.3 is 11.9 Å². The number of ether oxygens (including phenoxy) is 2. The third-order valence-electron chi connectivity index (χ3n) is 3.20. The van der Waals surface area contributed by atoms with Crippen molar-refractivity contribution in [1.82, 2.24) is 10.3 Å². The van der Waals surface area contributed by atoms with Crippen molar-refractivity contribution in [2.24, 2.45) is 0 Å². The molecule has 0 aromatic carbocycles. The molecule has 0 atom stereocenters. The summed E-state index contributed by atoms with van der Waals surface area (Å²) in [4.78, 5) is 27.0. The van der Waals surface area contributed by atoms with Gasteiger partial charge in [0, 0.05) is 37.0 Å². The van der Waals surface area contributed by atoms with Gasteiger partial charge in [0.05, 0.1) is 18.9 Å². The molecule has 132 valence electrons. The zero-order chi connectivity index (χ0) is 17.6. The minimum atomic E-state index is -0.383. The van der Waals surface area contributed by atoms with E-state index in [2.05, 4.69) is 10.3 Å². The Morgan fingerprint density at radius 2 is 1.96 bits per heavy atom. The van der Waals surface area contributed by atoms with Crippen LogP contribution < -0.4 is 5.32 Å². The van der Waals surface area contributed by atoms with Crippen LogP contribution >= 0.6 is 0 Å². The van der Waals surface area contributed by atoms with Crippen LogP contribution in [0.1, 0.15) is 45.1 Å². The maximum absolute atomic E-state index is 11.7. The summed E-state index contributed by atoms with van der Waals surface area (Å²) >= 11 is 0. The monoisotopic (exact) mass is 334 g/mol. The van der Waals surface area contributed by atoms with Crippen LogP contribution in [0.25, 0.3) is 5.70 Å². The van der Waals surface area contributed by atoms with Crippen molar-refractivity contribution in [3.63, 3.8) is 0 Å². The Morgan fingerprint density at radius 3 is 2.62 bits per heavy atom. The van der Waals surface area contributed by atoms with Crippen LogP contribution in [0.4, 0.5) is 0 Å². The molecule has 0 bridgehead atoms. The molecular weight excluding hydrogens is 308 g/mol. The summed E-state index contributed by atoms with van der Waals surface area (Å²) in [6, 6.07) is 3.70. The fourth-order valence-corrected chi connectivity index (χ4v) is 2.09. The van der Waals surface area contributed by atoms with E-state index in [0.717, 1.165) is 24.8 Å². The predicted octanol–water partition coefficient (Wildman–Crippen LogP) is 2.70. The van der Waals surface area contributed by atoms with Crippen molar-refractivity contribution in [3.05, 3.63) is 36.2 Å². The average molecular weight is 334 g/mol. The van der Waals surface area contributed by atoms with Crippen LogP contribution in [-0.2, 0) is 19.1 Å². The van der Waals surface area contributed by atoms with Crippen LogP contribution in [-0.4, -0.2) is 36.7 Å². The number of unbranched alkanes of at least 4 members (excludes halogenated alkanes) is 2. The molecule has 0 saturated carbocycles. The van der Waals surface area contributed by atoms with Gasteiger partial charge in [-0.15, -0.1) is 0 Å². The zero-order valence-corrected chi connectivity index (χ0v) is 14.4. The first-order valence-electron chi connectivity index (χ1n) is 8.35. The number of hydrogen-bond acceptors (Lipinski definition) is 6. The van der Waals surface area contributed by atoms with Crippen molar-refractivity contribution < 1.29 is 19.1 Å². The summed E-state index contributed by atoms with van der Waals surface area (Å²) in [5.74, 6) is -0.533. The van der Waals surface area contributed by atoms with Crippen LogP contribution in [0, 0.1) is 0 Å². The minimum Gasteiger partial charge on any atom is -0.466 e. The number of nitrogens with one attached hydrogen (secondary N) is 1. The Bertz CT molecular complexity index is 529. The highest BCUT2D eigenvalue weighted by Crippen LogP contribution is 2.10. The summed E-state index contributed by atoms with van der Waals surface area (Å²) in [5.41, 5.74) is 1.52. The fraction of sp³-hybridized carbons (Fsp3) is 0.500. The third-order valence-corrected chi connectivity index (χ3v) is 3.20. The molecule has 24 heavy (non-hydrogen) atoms. The van der Waals surface area contributed by atoms with Gasteiger partial charge in [-0.25, -0.2) is 4.79 Å². The van der Waals surface area contributed by atoms with E-state index in [1.165, 1.54) is 6.08 Å². The number of esters is 2. The van der Waals surface area contributed by atoms with Crippen molar-refractivity contribution in [3.8, 4) is 0 Å². The van der Waals surface area contributed by atoms with E-state index in [9.17, 15) is 9.59 Å². The van der Waals surface area contributed by atoms with E-state index in [4.69, 9.17) is 9.47 Å². The van der Waals surface area contributed by atoms with Gasteiger partial charge in [0.15, 0.2) is 0 Å². The number of carbonyl (C=O) groups excluding carboxylic acids is 2. The molecule has 1 aromatic rings. The van der Waals surface area contributed by atoms with Crippen molar-refractivity contribution in [1.29, 1.82) is 0 Å². The largest absolute Gasteiger partial charge is 0.466 e. The molecule has 0 spiro atoms. The van der Waals surface area contributed by atoms with Gasteiger partial charge in [0.2, 0.25) is 0 Å². The van der Waals surface area contributed by atoms with Gasteiger partial charge < -0.3 is 14.8 Å². The highest BCUT2D eigenvalue weighted by atomic mass is 16.5. The SMILES string of the molecule is CCOC(=O)/C=C(\NCCCCCC(=O)OCC)c1cccnc1. The third kappa shape index (κ3) is 8.31. The molecule has 0 amide bonds. The van der Waals surface area contributed by atoms with Gasteiger partial charge in [0.25, 0.3) is 0 Å². The maximum atomic E-state index is 11.7. The minimum absolute atomic E-state index is 0.149. The maximum Gasteiger partial charge on any atom is 0.332 e. The molecule has 1 heterocycles. The Hall–Kier alpha value is -2.37. The summed E-state index contributed by atoms with van der Waals surface area (Å²) in [7, 11) is 0. The molecule has 0 aliphatic heterocycles. The summed E-state index contributed by atoms with van der Waals surface area (Å²) < 4.78 is 9.85. The topological polar surface area (TPSA) is 77.5 Å². The second kappa shape index (κ2) is 12.1. The molecular formula is C18H26N2O4. The quantitative estimate of drug-likeness (QED) is 0.381. The van der Waals surface area contributed by atoms with E-state index in [1.54, 1.807) is 26.2 Å². The molecule has 1 aromatic heterocycles. The van der Waals surface area contributed by atoms with Gasteiger partial charge in [0.1, 0.15) is 0 Å². The highest BCUT2D eigenvalue weighted by Gasteiger charge is 2.06. The standard InChI is InChI=1S/C18H26N2O4/c1-3-23-17(21)10-6-5-7-12-20-16(13-18(22)24-4-2)15-9-8-11-19-14-15/h8-9,11,13-14,20H,3-7,10,12H2,1-2H3/b16-13-. The number of pyridine rings is 1. The Morgan fingerprint density at radius 1 is 1.17 bits per heavy atom. The van der Waals surface area contributed by atoms with Crippen LogP contribution in [0.3, 0.4) is 0 Å². The lowest BCUT2D eigenvalue weighted by Gasteiger charge is -2.11. The lowest BCUT2D eigenvalue weighted by Crippen LogP contribution is -2.16. The molecule has 6 nitrogen and oxygen atoms in total. The van der Waals surface area contributed by atoms with E-state index in [-0.39, 0.29) is 11.9 Å². The number of aromatic nitrogens is 1. The number of nitrogens with zero attached hydrogens (tertiary/aromatic N) is 1.